The Kier molecular flexibility index (Phi) is 5.99. The number of benzene rings is 3. The molecule has 1 unspecified atom stereocenters. The molecule has 2 heterocycles. The predicted molar refractivity (Wildman–Crippen MR) is 141 cm³/mol. The summed E-state index contributed by atoms with van der Waals surface area (Å²) in [6.45, 7) is 7.02. The second-order valence-corrected chi connectivity index (χ2v) is 10.4. The monoisotopic (exact) mass is 469 g/mol. The molecule has 1 aliphatic carbocycles. The molecule has 5 nitrogen and oxygen atoms in total. The summed E-state index contributed by atoms with van der Waals surface area (Å²) in [6.07, 6.45) is 3.39. The van der Waals surface area contributed by atoms with Crippen LogP contribution in [0.15, 0.2) is 60.7 Å². The lowest BCUT2D eigenvalue weighted by Crippen LogP contribution is -2.46. The molecule has 6 rings (SSSR count). The summed E-state index contributed by atoms with van der Waals surface area (Å²) in [5.74, 6) is 0.0966. The summed E-state index contributed by atoms with van der Waals surface area (Å²) < 4.78 is 0. The first-order valence-electron chi connectivity index (χ1n) is 13.2. The maximum atomic E-state index is 13.7. The number of aliphatic hydroxyl groups is 1. The van der Waals surface area contributed by atoms with E-state index in [1.54, 1.807) is 0 Å². The van der Waals surface area contributed by atoms with Crippen LogP contribution in [0.25, 0.3) is 10.8 Å². The summed E-state index contributed by atoms with van der Waals surface area (Å²) in [6, 6.07) is 21.3. The number of hydrogen-bond donors (Lipinski definition) is 1. The van der Waals surface area contributed by atoms with Crippen molar-refractivity contribution in [3.63, 3.8) is 0 Å². The topological polar surface area (TPSA) is 47.0 Å². The standard InChI is InChI=1S/C30H35N3O2/c1-21-29-25-12-6-5-11-24(25)22(19-26(29)30(35)33(21)27-13-7-8-14-28(27)34)20-31-15-17-32(18-16-31)23-9-3-2-4-10-23/h2-6,9-12,19,21,27-28,34H,7-8,13-18,20H2,1H3/t21-,27?,28+/m1/s1. The average Bonchev–Trinajstić information content (AvgIpc) is 3.15. The third kappa shape index (κ3) is 4.01. The molecule has 2 aliphatic heterocycles. The first-order chi connectivity index (χ1) is 17.1. The van der Waals surface area contributed by atoms with Crippen LogP contribution in [-0.4, -0.2) is 59.1 Å². The molecule has 1 amide bonds. The van der Waals surface area contributed by atoms with Crippen molar-refractivity contribution in [1.29, 1.82) is 0 Å². The van der Waals surface area contributed by atoms with E-state index in [9.17, 15) is 9.90 Å². The second-order valence-electron chi connectivity index (χ2n) is 10.4. The normalized spacial score (nSPS) is 25.3. The van der Waals surface area contributed by atoms with Crippen molar-refractivity contribution in [2.45, 2.75) is 57.3 Å². The van der Waals surface area contributed by atoms with Gasteiger partial charge in [0.05, 0.1) is 18.2 Å². The molecule has 35 heavy (non-hydrogen) atoms. The number of rotatable bonds is 4. The molecule has 182 valence electrons. The third-order valence-corrected chi connectivity index (χ3v) is 8.41. The van der Waals surface area contributed by atoms with E-state index < -0.39 is 6.10 Å². The molecule has 1 saturated carbocycles. The first-order valence-corrected chi connectivity index (χ1v) is 13.2. The van der Waals surface area contributed by atoms with Crippen LogP contribution in [0.1, 0.15) is 60.1 Å². The molecule has 0 aromatic heterocycles. The number of hydrogen-bond acceptors (Lipinski definition) is 4. The maximum absolute atomic E-state index is 13.7. The summed E-state index contributed by atoms with van der Waals surface area (Å²) in [5.41, 5.74) is 4.51. The van der Waals surface area contributed by atoms with E-state index in [0.717, 1.165) is 69.5 Å². The molecule has 0 bridgehead atoms. The van der Waals surface area contributed by atoms with Gasteiger partial charge in [0.15, 0.2) is 0 Å². The van der Waals surface area contributed by atoms with Gasteiger partial charge in [-0.15, -0.1) is 0 Å². The highest BCUT2D eigenvalue weighted by atomic mass is 16.3. The summed E-state index contributed by atoms with van der Waals surface area (Å²) in [4.78, 5) is 20.7. The van der Waals surface area contributed by atoms with Crippen LogP contribution in [0, 0.1) is 0 Å². The summed E-state index contributed by atoms with van der Waals surface area (Å²) in [7, 11) is 0. The predicted octanol–water partition coefficient (Wildman–Crippen LogP) is 4.98. The lowest BCUT2D eigenvalue weighted by atomic mass is 9.90. The zero-order chi connectivity index (χ0) is 23.9. The van der Waals surface area contributed by atoms with Crippen LogP contribution in [0.2, 0.25) is 0 Å². The fourth-order valence-corrected chi connectivity index (χ4v) is 6.58. The van der Waals surface area contributed by atoms with E-state index in [2.05, 4.69) is 77.4 Å². The molecule has 2 fully saturated rings. The number of fused-ring (bicyclic) bond motifs is 3. The zero-order valence-corrected chi connectivity index (χ0v) is 20.6. The second kappa shape index (κ2) is 9.29. The Balaban J connectivity index is 1.28. The molecule has 0 spiro atoms. The van der Waals surface area contributed by atoms with Crippen LogP contribution in [0.4, 0.5) is 5.69 Å². The van der Waals surface area contributed by atoms with Crippen molar-refractivity contribution >= 4 is 22.4 Å². The number of piperazine rings is 1. The molecule has 5 heteroatoms. The van der Waals surface area contributed by atoms with Crippen molar-refractivity contribution in [2.24, 2.45) is 0 Å². The highest BCUT2D eigenvalue weighted by Gasteiger charge is 2.42. The molecule has 3 aliphatic rings. The number of anilines is 1. The molecule has 1 N–H and O–H groups in total. The van der Waals surface area contributed by atoms with Crippen LogP contribution < -0.4 is 4.90 Å². The Labute approximate surface area is 207 Å². The SMILES string of the molecule is C[C@@H]1c2c(cc(CN3CCN(c4ccccc4)CC3)c3ccccc23)C(=O)N1C1CCCC[C@@H]1O. The molecular formula is C30H35N3O2. The molecule has 3 aromatic rings. The maximum Gasteiger partial charge on any atom is 0.255 e. The minimum atomic E-state index is -0.420. The van der Waals surface area contributed by atoms with Crippen LogP contribution in [0.5, 0.6) is 0 Å². The average molecular weight is 470 g/mol. The van der Waals surface area contributed by atoms with Gasteiger partial charge in [0.1, 0.15) is 0 Å². The van der Waals surface area contributed by atoms with Gasteiger partial charge >= 0.3 is 0 Å². The Morgan fingerprint density at radius 3 is 2.31 bits per heavy atom. The van der Waals surface area contributed by atoms with Gasteiger partial charge in [-0.05, 0) is 59.9 Å². The molecule has 3 aromatic carbocycles. The van der Waals surface area contributed by atoms with Gasteiger partial charge in [0.25, 0.3) is 5.91 Å². The summed E-state index contributed by atoms with van der Waals surface area (Å²) >= 11 is 0. The lowest BCUT2D eigenvalue weighted by molar-refractivity contribution is 0.00976. The minimum Gasteiger partial charge on any atom is -0.391 e. The number of aliphatic hydroxyl groups excluding tert-OH is 1. The summed E-state index contributed by atoms with van der Waals surface area (Å²) in [5, 5.41) is 13.2. The largest absolute Gasteiger partial charge is 0.391 e. The van der Waals surface area contributed by atoms with Gasteiger partial charge in [0, 0.05) is 44.0 Å². The van der Waals surface area contributed by atoms with E-state index in [4.69, 9.17) is 0 Å². The van der Waals surface area contributed by atoms with Crippen LogP contribution >= 0.6 is 0 Å². The lowest BCUT2D eigenvalue weighted by Gasteiger charge is -2.38. The quantitative estimate of drug-likeness (QED) is 0.585. The van der Waals surface area contributed by atoms with E-state index in [1.807, 2.05) is 4.90 Å². The fraction of sp³-hybridized carbons (Fsp3) is 0.433. The van der Waals surface area contributed by atoms with Crippen molar-refractivity contribution in [3.05, 3.63) is 77.4 Å². The molecule has 0 radical (unpaired) electrons. The zero-order valence-electron chi connectivity index (χ0n) is 20.6. The van der Waals surface area contributed by atoms with Gasteiger partial charge < -0.3 is 14.9 Å². The van der Waals surface area contributed by atoms with Gasteiger partial charge in [-0.2, -0.15) is 0 Å². The van der Waals surface area contributed by atoms with E-state index in [-0.39, 0.29) is 18.0 Å². The van der Waals surface area contributed by atoms with E-state index in [1.165, 1.54) is 22.0 Å². The van der Waals surface area contributed by atoms with Gasteiger partial charge in [-0.25, -0.2) is 0 Å². The molecule has 1 saturated heterocycles. The van der Waals surface area contributed by atoms with Crippen LogP contribution in [0.3, 0.4) is 0 Å². The smallest absolute Gasteiger partial charge is 0.255 e. The highest BCUT2D eigenvalue weighted by Crippen LogP contribution is 2.43. The van der Waals surface area contributed by atoms with Gasteiger partial charge in [0.2, 0.25) is 0 Å². The van der Waals surface area contributed by atoms with Gasteiger partial charge in [-0.3, -0.25) is 9.69 Å². The number of para-hydroxylation sites is 1. The highest BCUT2D eigenvalue weighted by molar-refractivity contribution is 6.06. The number of nitrogens with zero attached hydrogens (tertiary/aromatic N) is 3. The van der Waals surface area contributed by atoms with Crippen LogP contribution in [-0.2, 0) is 6.54 Å². The van der Waals surface area contributed by atoms with Crippen molar-refractivity contribution < 1.29 is 9.90 Å². The van der Waals surface area contributed by atoms with Crippen molar-refractivity contribution in [1.82, 2.24) is 9.80 Å². The van der Waals surface area contributed by atoms with Gasteiger partial charge in [-0.1, -0.05) is 55.3 Å². The molecular weight excluding hydrogens is 434 g/mol. The van der Waals surface area contributed by atoms with Crippen molar-refractivity contribution in [3.8, 4) is 0 Å². The first kappa shape index (κ1) is 22.6. The van der Waals surface area contributed by atoms with E-state index >= 15 is 0 Å². The van der Waals surface area contributed by atoms with Crippen molar-refractivity contribution in [2.75, 3.05) is 31.1 Å². The Morgan fingerprint density at radius 2 is 1.57 bits per heavy atom. The Bertz CT molecular complexity index is 1220. The Hall–Kier alpha value is -2.89. The molecule has 3 atom stereocenters. The third-order valence-electron chi connectivity index (χ3n) is 8.41. The Morgan fingerprint density at radius 1 is 0.886 bits per heavy atom. The van der Waals surface area contributed by atoms with E-state index in [0.29, 0.717) is 0 Å². The fourth-order valence-electron chi connectivity index (χ4n) is 6.58. The number of carbonyl (C=O) groups excluding carboxylic acids is 1. The number of amides is 1. The number of carbonyl (C=O) groups is 1. The minimum absolute atomic E-state index is 0.0105.